The third kappa shape index (κ3) is 8.78. The molecule has 1 aliphatic heterocycles. The first-order valence-electron chi connectivity index (χ1n) is 8.63. The number of sulfone groups is 1. The zero-order valence-electron chi connectivity index (χ0n) is 15.5. The highest BCUT2D eigenvalue weighted by Gasteiger charge is 2.28. The molecular formula is C17H27IN4O4S. The number of carbonyl (C=O) groups is 1. The molecule has 3 N–H and O–H groups in total. The van der Waals surface area contributed by atoms with Crippen molar-refractivity contribution in [3.63, 3.8) is 0 Å². The van der Waals surface area contributed by atoms with Gasteiger partial charge in [0.2, 0.25) is 5.91 Å². The fourth-order valence-corrected chi connectivity index (χ4v) is 4.28. The summed E-state index contributed by atoms with van der Waals surface area (Å²) >= 11 is 0. The minimum Gasteiger partial charge on any atom is -0.492 e. The van der Waals surface area contributed by atoms with Gasteiger partial charge in [-0.1, -0.05) is 6.07 Å². The van der Waals surface area contributed by atoms with Crippen molar-refractivity contribution in [2.45, 2.75) is 26.3 Å². The van der Waals surface area contributed by atoms with Crippen molar-refractivity contribution in [2.24, 2.45) is 4.99 Å². The van der Waals surface area contributed by atoms with E-state index in [9.17, 15) is 13.2 Å². The molecule has 27 heavy (non-hydrogen) atoms. The van der Waals surface area contributed by atoms with E-state index in [2.05, 4.69) is 20.9 Å². The average Bonchev–Trinajstić information content (AvgIpc) is 2.90. The quantitative estimate of drug-likeness (QED) is 0.222. The number of benzene rings is 1. The van der Waals surface area contributed by atoms with Gasteiger partial charge in [-0.05, 0) is 25.5 Å². The molecule has 0 aliphatic carbocycles. The standard InChI is InChI=1S/C17H26N4O4S.HI/c1-3-18-17(21-15-7-10-26(23,24)12-15)19-8-9-25-16-6-4-5-14(11-16)20-13(2)22;/h4-6,11,15H,3,7-10,12H2,1-2H3,(H,20,22)(H2,18,19,21);1H. The van der Waals surface area contributed by atoms with E-state index in [0.717, 1.165) is 0 Å². The molecule has 1 amide bonds. The van der Waals surface area contributed by atoms with E-state index >= 15 is 0 Å². The van der Waals surface area contributed by atoms with Gasteiger partial charge in [-0.25, -0.2) is 13.4 Å². The normalized spacial score (nSPS) is 18.3. The van der Waals surface area contributed by atoms with Gasteiger partial charge in [-0.15, -0.1) is 24.0 Å². The maximum absolute atomic E-state index is 11.5. The Bertz CT molecular complexity index is 755. The second kappa shape index (κ2) is 11.3. The Morgan fingerprint density at radius 2 is 2.15 bits per heavy atom. The van der Waals surface area contributed by atoms with Crippen LogP contribution in [0, 0.1) is 0 Å². The van der Waals surface area contributed by atoms with E-state index < -0.39 is 9.84 Å². The zero-order chi connectivity index (χ0) is 19.0. The van der Waals surface area contributed by atoms with Gasteiger partial charge in [0.1, 0.15) is 12.4 Å². The third-order valence-corrected chi connectivity index (χ3v) is 5.47. The molecule has 1 aromatic rings. The fraction of sp³-hybridized carbons (Fsp3) is 0.529. The summed E-state index contributed by atoms with van der Waals surface area (Å²) < 4.78 is 28.7. The smallest absolute Gasteiger partial charge is 0.221 e. The predicted molar refractivity (Wildman–Crippen MR) is 118 cm³/mol. The van der Waals surface area contributed by atoms with Crippen LogP contribution in [-0.4, -0.2) is 57.5 Å². The average molecular weight is 510 g/mol. The Balaban J connectivity index is 0.00000364. The highest BCUT2D eigenvalue weighted by Crippen LogP contribution is 2.17. The summed E-state index contributed by atoms with van der Waals surface area (Å²) in [6.45, 7) is 4.87. The second-order valence-electron chi connectivity index (χ2n) is 6.06. The number of nitrogens with one attached hydrogen (secondary N) is 3. The lowest BCUT2D eigenvalue weighted by molar-refractivity contribution is -0.114. The van der Waals surface area contributed by atoms with Gasteiger partial charge in [0.15, 0.2) is 15.8 Å². The topological polar surface area (TPSA) is 109 Å². The van der Waals surface area contributed by atoms with Crippen molar-refractivity contribution in [2.75, 3.05) is 36.5 Å². The first kappa shape index (κ1) is 23.5. The van der Waals surface area contributed by atoms with Crippen molar-refractivity contribution in [3.8, 4) is 5.75 Å². The van der Waals surface area contributed by atoms with E-state index in [4.69, 9.17) is 4.74 Å². The van der Waals surface area contributed by atoms with Crippen molar-refractivity contribution in [1.82, 2.24) is 10.6 Å². The highest BCUT2D eigenvalue weighted by molar-refractivity contribution is 14.0. The molecule has 10 heteroatoms. The molecule has 1 heterocycles. The summed E-state index contributed by atoms with van der Waals surface area (Å²) in [5, 5.41) is 8.97. The van der Waals surface area contributed by atoms with Gasteiger partial charge in [-0.2, -0.15) is 0 Å². The van der Waals surface area contributed by atoms with Crippen LogP contribution in [0.3, 0.4) is 0 Å². The molecule has 1 aromatic carbocycles. The lowest BCUT2D eigenvalue weighted by atomic mass is 10.3. The van der Waals surface area contributed by atoms with Crippen LogP contribution >= 0.6 is 24.0 Å². The molecule has 1 unspecified atom stereocenters. The molecule has 1 saturated heterocycles. The largest absolute Gasteiger partial charge is 0.492 e. The van der Waals surface area contributed by atoms with Crippen molar-refractivity contribution < 1.29 is 17.9 Å². The predicted octanol–water partition coefficient (Wildman–Crippen LogP) is 1.38. The lowest BCUT2D eigenvalue weighted by Gasteiger charge is -2.16. The Morgan fingerprint density at radius 1 is 1.37 bits per heavy atom. The van der Waals surface area contributed by atoms with Crippen molar-refractivity contribution in [1.29, 1.82) is 0 Å². The summed E-state index contributed by atoms with van der Waals surface area (Å²) in [6, 6.07) is 7.04. The van der Waals surface area contributed by atoms with E-state index in [1.165, 1.54) is 6.92 Å². The number of hydrogen-bond acceptors (Lipinski definition) is 5. The fourth-order valence-electron chi connectivity index (χ4n) is 2.61. The summed E-state index contributed by atoms with van der Waals surface area (Å²) in [4.78, 5) is 15.5. The number of hydrogen-bond donors (Lipinski definition) is 3. The Labute approximate surface area is 177 Å². The van der Waals surface area contributed by atoms with Crippen molar-refractivity contribution in [3.05, 3.63) is 24.3 Å². The maximum Gasteiger partial charge on any atom is 0.221 e. The number of ether oxygens (including phenoxy) is 1. The van der Waals surface area contributed by atoms with Crippen LogP contribution < -0.4 is 20.7 Å². The van der Waals surface area contributed by atoms with E-state index in [-0.39, 0.29) is 47.4 Å². The van der Waals surface area contributed by atoms with E-state index in [0.29, 0.717) is 43.5 Å². The van der Waals surface area contributed by atoms with Gasteiger partial charge in [0.05, 0.1) is 18.1 Å². The number of aliphatic imine (C=N–C) groups is 1. The first-order chi connectivity index (χ1) is 12.4. The van der Waals surface area contributed by atoms with E-state index in [1.54, 1.807) is 18.2 Å². The van der Waals surface area contributed by atoms with Gasteiger partial charge in [0.25, 0.3) is 0 Å². The maximum atomic E-state index is 11.5. The molecule has 152 valence electrons. The molecule has 0 bridgehead atoms. The zero-order valence-corrected chi connectivity index (χ0v) is 18.7. The highest BCUT2D eigenvalue weighted by atomic mass is 127. The van der Waals surface area contributed by atoms with Crippen LogP contribution in [-0.2, 0) is 14.6 Å². The molecular weight excluding hydrogens is 483 g/mol. The first-order valence-corrected chi connectivity index (χ1v) is 10.5. The number of rotatable bonds is 7. The third-order valence-electron chi connectivity index (χ3n) is 3.70. The number of amides is 1. The van der Waals surface area contributed by atoms with Crippen LogP contribution in [0.15, 0.2) is 29.3 Å². The van der Waals surface area contributed by atoms with Crippen LogP contribution in [0.1, 0.15) is 20.3 Å². The Kier molecular flexibility index (Phi) is 9.84. The van der Waals surface area contributed by atoms with Gasteiger partial charge < -0.3 is 20.7 Å². The number of halogens is 1. The van der Waals surface area contributed by atoms with Gasteiger partial charge >= 0.3 is 0 Å². The molecule has 2 rings (SSSR count). The molecule has 0 spiro atoms. The summed E-state index contributed by atoms with van der Waals surface area (Å²) in [5.74, 6) is 1.46. The SMILES string of the molecule is CCNC(=NCCOc1cccc(NC(C)=O)c1)NC1CCS(=O)(=O)C1.I. The number of nitrogens with zero attached hydrogens (tertiary/aromatic N) is 1. The van der Waals surface area contributed by atoms with Crippen molar-refractivity contribution >= 4 is 51.4 Å². The number of carbonyl (C=O) groups excluding carboxylic acids is 1. The molecule has 1 fully saturated rings. The molecule has 0 aromatic heterocycles. The summed E-state index contributed by atoms with van der Waals surface area (Å²) in [6.07, 6.45) is 0.596. The van der Waals surface area contributed by atoms with Gasteiger partial charge in [-0.3, -0.25) is 4.79 Å². The minimum atomic E-state index is -2.93. The molecule has 8 nitrogen and oxygen atoms in total. The number of anilines is 1. The minimum absolute atomic E-state index is 0. The van der Waals surface area contributed by atoms with E-state index in [1.807, 2.05) is 13.0 Å². The van der Waals surface area contributed by atoms with Crippen LogP contribution in [0.5, 0.6) is 5.75 Å². The molecule has 0 radical (unpaired) electrons. The Hall–Kier alpha value is -1.56. The van der Waals surface area contributed by atoms with Crippen LogP contribution in [0.2, 0.25) is 0 Å². The number of guanidine groups is 1. The molecule has 1 aliphatic rings. The van der Waals surface area contributed by atoms with Crippen LogP contribution in [0.4, 0.5) is 5.69 Å². The van der Waals surface area contributed by atoms with Crippen LogP contribution in [0.25, 0.3) is 0 Å². The molecule has 1 atom stereocenters. The van der Waals surface area contributed by atoms with Gasteiger partial charge in [0, 0.05) is 31.3 Å². The molecule has 0 saturated carbocycles. The summed E-state index contributed by atoms with van der Waals surface area (Å²) in [7, 11) is -2.93. The Morgan fingerprint density at radius 3 is 2.78 bits per heavy atom. The summed E-state index contributed by atoms with van der Waals surface area (Å²) in [5.41, 5.74) is 0.677. The lowest BCUT2D eigenvalue weighted by Crippen LogP contribution is -2.44. The monoisotopic (exact) mass is 510 g/mol. The second-order valence-corrected chi connectivity index (χ2v) is 8.29.